The van der Waals surface area contributed by atoms with Gasteiger partial charge in [0.25, 0.3) is 0 Å². The maximum Gasteiger partial charge on any atom is 0.234 e. The lowest BCUT2D eigenvalue weighted by atomic mass is 10.3. The van der Waals surface area contributed by atoms with Crippen LogP contribution in [0.2, 0.25) is 5.02 Å². The fraction of sp³-hybridized carbons (Fsp3) is 0.318. The standard InChI is InChI=1S/C22H26ClN5O2S/c1-3-13-24-21(29)14-26(2)16-27-22(31)28(18-7-5-4-6-8-18)20(25-27)15-30-19-11-9-17(23)10-12-19/h4-12H,3,13-16H2,1-2H3,(H,24,29). The number of nitrogens with zero attached hydrogens (tertiary/aromatic N) is 4. The maximum atomic E-state index is 12.0. The van der Waals surface area contributed by atoms with Crippen molar-refractivity contribution in [2.24, 2.45) is 0 Å². The zero-order valence-electron chi connectivity index (χ0n) is 17.6. The van der Waals surface area contributed by atoms with Crippen molar-refractivity contribution < 1.29 is 9.53 Å². The van der Waals surface area contributed by atoms with Crippen LogP contribution in [0.3, 0.4) is 0 Å². The number of nitrogens with one attached hydrogen (secondary N) is 1. The summed E-state index contributed by atoms with van der Waals surface area (Å²) in [6.45, 7) is 3.56. The van der Waals surface area contributed by atoms with Crippen molar-refractivity contribution in [2.45, 2.75) is 26.6 Å². The van der Waals surface area contributed by atoms with Gasteiger partial charge in [-0.05, 0) is 62.1 Å². The number of likely N-dealkylation sites (N-methyl/N-ethyl adjacent to an activating group) is 1. The van der Waals surface area contributed by atoms with Gasteiger partial charge in [-0.2, -0.15) is 5.10 Å². The second-order valence-electron chi connectivity index (χ2n) is 7.12. The molecule has 0 aliphatic heterocycles. The summed E-state index contributed by atoms with van der Waals surface area (Å²) in [5.74, 6) is 1.33. The van der Waals surface area contributed by atoms with E-state index in [-0.39, 0.29) is 19.1 Å². The molecule has 1 heterocycles. The molecule has 0 saturated heterocycles. The van der Waals surface area contributed by atoms with Crippen LogP contribution in [-0.4, -0.2) is 45.3 Å². The summed E-state index contributed by atoms with van der Waals surface area (Å²) in [4.78, 5) is 13.9. The second kappa shape index (κ2) is 11.1. The number of aromatic nitrogens is 3. The Balaban J connectivity index is 1.81. The number of carbonyl (C=O) groups is 1. The fourth-order valence-corrected chi connectivity index (χ4v) is 3.43. The van der Waals surface area contributed by atoms with E-state index in [0.717, 1.165) is 12.1 Å². The highest BCUT2D eigenvalue weighted by atomic mass is 35.5. The van der Waals surface area contributed by atoms with Crippen molar-refractivity contribution in [3.63, 3.8) is 0 Å². The number of carbonyl (C=O) groups excluding carboxylic acids is 1. The molecule has 0 aliphatic carbocycles. The molecule has 3 aromatic rings. The SMILES string of the molecule is CCCNC(=O)CN(C)Cn1nc(COc2ccc(Cl)cc2)n(-c2ccccc2)c1=S. The molecule has 0 atom stereocenters. The highest BCUT2D eigenvalue weighted by Crippen LogP contribution is 2.18. The predicted molar refractivity (Wildman–Crippen MR) is 124 cm³/mol. The lowest BCUT2D eigenvalue weighted by molar-refractivity contribution is -0.122. The minimum absolute atomic E-state index is 0.0235. The van der Waals surface area contributed by atoms with Gasteiger partial charge in [0.15, 0.2) is 5.82 Å². The maximum absolute atomic E-state index is 12.0. The van der Waals surface area contributed by atoms with Crippen LogP contribution in [0.1, 0.15) is 19.2 Å². The minimum atomic E-state index is -0.0235. The van der Waals surface area contributed by atoms with Gasteiger partial charge in [-0.3, -0.25) is 14.3 Å². The second-order valence-corrected chi connectivity index (χ2v) is 7.92. The summed E-state index contributed by atoms with van der Waals surface area (Å²) < 4.78 is 10.0. The van der Waals surface area contributed by atoms with Gasteiger partial charge in [-0.1, -0.05) is 36.7 Å². The topological polar surface area (TPSA) is 64.3 Å². The number of hydrogen-bond acceptors (Lipinski definition) is 5. The van der Waals surface area contributed by atoms with Gasteiger partial charge in [-0.15, -0.1) is 0 Å². The van der Waals surface area contributed by atoms with Crippen molar-refractivity contribution in [3.8, 4) is 11.4 Å². The number of amides is 1. The average Bonchev–Trinajstić information content (AvgIpc) is 3.07. The van der Waals surface area contributed by atoms with Gasteiger partial charge < -0.3 is 10.1 Å². The Kier molecular flexibility index (Phi) is 8.22. The predicted octanol–water partition coefficient (Wildman–Crippen LogP) is 4.05. The van der Waals surface area contributed by atoms with E-state index >= 15 is 0 Å². The molecule has 0 saturated carbocycles. The molecule has 31 heavy (non-hydrogen) atoms. The van der Waals surface area contributed by atoms with Crippen LogP contribution in [0.15, 0.2) is 54.6 Å². The highest BCUT2D eigenvalue weighted by molar-refractivity contribution is 7.71. The van der Waals surface area contributed by atoms with Gasteiger partial charge in [0.1, 0.15) is 12.4 Å². The molecule has 0 fully saturated rings. The third-order valence-corrected chi connectivity index (χ3v) is 5.11. The zero-order valence-corrected chi connectivity index (χ0v) is 19.2. The van der Waals surface area contributed by atoms with Gasteiger partial charge in [-0.25, -0.2) is 4.68 Å². The molecule has 164 valence electrons. The van der Waals surface area contributed by atoms with Crippen LogP contribution >= 0.6 is 23.8 Å². The summed E-state index contributed by atoms with van der Waals surface area (Å²) in [5, 5.41) is 8.20. The smallest absolute Gasteiger partial charge is 0.234 e. The first-order valence-corrected chi connectivity index (χ1v) is 10.8. The lowest BCUT2D eigenvalue weighted by Gasteiger charge is -2.15. The van der Waals surface area contributed by atoms with E-state index in [9.17, 15) is 4.79 Å². The number of para-hydroxylation sites is 1. The Labute approximate surface area is 192 Å². The van der Waals surface area contributed by atoms with Crippen LogP contribution < -0.4 is 10.1 Å². The Morgan fingerprint density at radius 3 is 2.58 bits per heavy atom. The summed E-state index contributed by atoms with van der Waals surface area (Å²) in [5.41, 5.74) is 0.900. The Morgan fingerprint density at radius 2 is 1.90 bits per heavy atom. The lowest BCUT2D eigenvalue weighted by Crippen LogP contribution is -2.36. The number of benzene rings is 2. The molecule has 1 N–H and O–H groups in total. The third-order valence-electron chi connectivity index (χ3n) is 4.46. The zero-order chi connectivity index (χ0) is 22.2. The van der Waals surface area contributed by atoms with Crippen molar-refractivity contribution in [1.29, 1.82) is 0 Å². The van der Waals surface area contributed by atoms with Crippen molar-refractivity contribution in [3.05, 3.63) is 70.2 Å². The molecular weight excluding hydrogens is 434 g/mol. The van der Waals surface area contributed by atoms with Gasteiger partial charge in [0.2, 0.25) is 10.7 Å². The molecule has 0 aliphatic rings. The van der Waals surface area contributed by atoms with E-state index in [1.165, 1.54) is 0 Å². The summed E-state index contributed by atoms with van der Waals surface area (Å²) in [7, 11) is 1.86. The Hall–Kier alpha value is -2.68. The van der Waals surface area contributed by atoms with Crippen LogP contribution in [0.4, 0.5) is 0 Å². The average molecular weight is 460 g/mol. The van der Waals surface area contributed by atoms with Crippen LogP contribution in [0.5, 0.6) is 5.75 Å². The van der Waals surface area contributed by atoms with Gasteiger partial charge >= 0.3 is 0 Å². The molecule has 3 rings (SSSR count). The number of ether oxygens (including phenoxy) is 1. The van der Waals surface area contributed by atoms with Crippen molar-refractivity contribution in [1.82, 2.24) is 24.6 Å². The van der Waals surface area contributed by atoms with Crippen molar-refractivity contribution in [2.75, 3.05) is 20.1 Å². The van der Waals surface area contributed by atoms with Gasteiger partial charge in [0, 0.05) is 17.3 Å². The molecule has 0 bridgehead atoms. The largest absolute Gasteiger partial charge is 0.486 e. The fourth-order valence-electron chi connectivity index (χ4n) is 3.00. The molecule has 0 unspecified atom stereocenters. The van der Waals surface area contributed by atoms with Gasteiger partial charge in [0.05, 0.1) is 13.2 Å². The number of rotatable bonds is 10. The normalized spacial score (nSPS) is 11.0. The molecule has 2 aromatic carbocycles. The Morgan fingerprint density at radius 1 is 1.19 bits per heavy atom. The van der Waals surface area contributed by atoms with E-state index in [1.54, 1.807) is 16.8 Å². The first-order chi connectivity index (χ1) is 15.0. The van der Waals surface area contributed by atoms with Crippen LogP contribution in [0, 0.1) is 4.77 Å². The monoisotopic (exact) mass is 459 g/mol. The molecule has 7 nitrogen and oxygen atoms in total. The van der Waals surface area contributed by atoms with E-state index in [0.29, 0.717) is 34.6 Å². The highest BCUT2D eigenvalue weighted by Gasteiger charge is 2.15. The van der Waals surface area contributed by atoms with E-state index < -0.39 is 0 Å². The van der Waals surface area contributed by atoms with Crippen LogP contribution in [0.25, 0.3) is 5.69 Å². The first kappa shape index (κ1) is 23.0. The first-order valence-electron chi connectivity index (χ1n) is 10.1. The molecule has 0 spiro atoms. The quantitative estimate of drug-likeness (QED) is 0.463. The van der Waals surface area contributed by atoms with Crippen molar-refractivity contribution >= 4 is 29.7 Å². The number of hydrogen-bond donors (Lipinski definition) is 1. The van der Waals surface area contributed by atoms with E-state index in [2.05, 4.69) is 10.4 Å². The van der Waals surface area contributed by atoms with E-state index in [4.69, 9.17) is 28.6 Å². The molecular formula is C22H26ClN5O2S. The molecule has 0 radical (unpaired) electrons. The summed E-state index contributed by atoms with van der Waals surface area (Å²) in [6, 6.07) is 16.9. The third kappa shape index (κ3) is 6.40. The van der Waals surface area contributed by atoms with E-state index in [1.807, 2.05) is 65.9 Å². The Bertz CT molecular complexity index is 1050. The van der Waals surface area contributed by atoms with Crippen LogP contribution in [-0.2, 0) is 18.1 Å². The summed E-state index contributed by atoms with van der Waals surface area (Å²) >= 11 is 11.7. The minimum Gasteiger partial charge on any atom is -0.486 e. The number of halogens is 1. The summed E-state index contributed by atoms with van der Waals surface area (Å²) in [6.07, 6.45) is 0.902. The molecule has 1 amide bonds. The molecule has 9 heteroatoms. The molecule has 1 aromatic heterocycles.